The van der Waals surface area contributed by atoms with E-state index in [1.54, 1.807) is 0 Å². The van der Waals surface area contributed by atoms with Gasteiger partial charge in [-0.3, -0.25) is 14.5 Å². The van der Waals surface area contributed by atoms with Gasteiger partial charge < -0.3 is 15.2 Å². The SMILES string of the molecule is CC(=CCCNC(=O)OCCN1C(=O)C=CC1=O)C(=O)O. The van der Waals surface area contributed by atoms with Crippen LogP contribution in [0.25, 0.3) is 0 Å². The maximum Gasteiger partial charge on any atom is 0.407 e. The number of aliphatic carboxylic acids is 1. The van der Waals surface area contributed by atoms with Gasteiger partial charge in [-0.15, -0.1) is 0 Å². The van der Waals surface area contributed by atoms with Gasteiger partial charge in [-0.2, -0.15) is 0 Å². The molecule has 0 aromatic heterocycles. The van der Waals surface area contributed by atoms with Crippen LogP contribution >= 0.6 is 0 Å². The number of alkyl carbamates (subject to hydrolysis) is 1. The van der Waals surface area contributed by atoms with Crippen LogP contribution in [-0.4, -0.2) is 53.6 Å². The Morgan fingerprint density at radius 1 is 1.33 bits per heavy atom. The number of imide groups is 1. The predicted octanol–water partition coefficient (Wildman–Crippen LogP) is 0.0586. The van der Waals surface area contributed by atoms with Crippen molar-refractivity contribution in [2.75, 3.05) is 19.7 Å². The van der Waals surface area contributed by atoms with Gasteiger partial charge in [-0.25, -0.2) is 9.59 Å². The summed E-state index contributed by atoms with van der Waals surface area (Å²) in [5.74, 6) is -1.87. The molecule has 21 heavy (non-hydrogen) atoms. The van der Waals surface area contributed by atoms with E-state index in [2.05, 4.69) is 5.32 Å². The van der Waals surface area contributed by atoms with Gasteiger partial charge in [-0.1, -0.05) is 6.08 Å². The molecule has 8 nitrogen and oxygen atoms in total. The number of ether oxygens (including phenoxy) is 1. The summed E-state index contributed by atoms with van der Waals surface area (Å²) in [6.07, 6.45) is 3.46. The third-order valence-corrected chi connectivity index (χ3v) is 2.65. The number of carbonyl (C=O) groups is 4. The molecule has 1 rings (SSSR count). The maximum atomic E-state index is 11.3. The number of rotatable bonds is 7. The summed E-state index contributed by atoms with van der Waals surface area (Å²) >= 11 is 0. The van der Waals surface area contributed by atoms with Crippen LogP contribution < -0.4 is 5.32 Å². The Morgan fingerprint density at radius 3 is 2.52 bits per heavy atom. The Balaban J connectivity index is 2.15. The number of hydrogen-bond donors (Lipinski definition) is 2. The van der Waals surface area contributed by atoms with Crippen molar-refractivity contribution in [3.63, 3.8) is 0 Å². The van der Waals surface area contributed by atoms with Crippen LogP contribution in [0.15, 0.2) is 23.8 Å². The largest absolute Gasteiger partial charge is 0.478 e. The molecule has 0 fully saturated rings. The normalized spacial score (nSPS) is 14.5. The van der Waals surface area contributed by atoms with Gasteiger partial charge in [-0.05, 0) is 13.3 Å². The Labute approximate surface area is 121 Å². The van der Waals surface area contributed by atoms with E-state index in [1.807, 2.05) is 0 Å². The third kappa shape index (κ3) is 5.47. The fraction of sp³-hybridized carbons (Fsp3) is 0.385. The molecule has 0 aliphatic carbocycles. The van der Waals surface area contributed by atoms with Gasteiger partial charge in [0.05, 0.1) is 6.54 Å². The first-order chi connectivity index (χ1) is 9.91. The summed E-state index contributed by atoms with van der Waals surface area (Å²) in [5, 5.41) is 11.0. The van der Waals surface area contributed by atoms with Gasteiger partial charge in [0.2, 0.25) is 0 Å². The molecule has 0 saturated heterocycles. The van der Waals surface area contributed by atoms with Gasteiger partial charge in [0.15, 0.2) is 0 Å². The Bertz CT molecular complexity index is 491. The van der Waals surface area contributed by atoms with E-state index < -0.39 is 23.9 Å². The highest BCUT2D eigenvalue weighted by Crippen LogP contribution is 2.02. The Hall–Kier alpha value is -2.64. The second-order valence-corrected chi connectivity index (χ2v) is 4.21. The van der Waals surface area contributed by atoms with Crippen molar-refractivity contribution >= 4 is 23.9 Å². The van der Waals surface area contributed by atoms with Gasteiger partial charge in [0, 0.05) is 24.3 Å². The van der Waals surface area contributed by atoms with Gasteiger partial charge in [0.1, 0.15) is 6.61 Å². The van der Waals surface area contributed by atoms with Crippen molar-refractivity contribution in [1.29, 1.82) is 0 Å². The average Bonchev–Trinajstić information content (AvgIpc) is 2.74. The molecule has 1 heterocycles. The first-order valence-electron chi connectivity index (χ1n) is 6.26. The van der Waals surface area contributed by atoms with E-state index in [0.717, 1.165) is 17.1 Å². The molecule has 0 spiro atoms. The third-order valence-electron chi connectivity index (χ3n) is 2.65. The number of nitrogens with zero attached hydrogens (tertiary/aromatic N) is 1. The minimum atomic E-state index is -1.01. The lowest BCUT2D eigenvalue weighted by atomic mass is 10.2. The zero-order valence-corrected chi connectivity index (χ0v) is 11.5. The zero-order valence-electron chi connectivity index (χ0n) is 11.5. The molecule has 0 atom stereocenters. The van der Waals surface area contributed by atoms with E-state index in [0.29, 0.717) is 6.42 Å². The maximum absolute atomic E-state index is 11.3. The Morgan fingerprint density at radius 2 is 1.95 bits per heavy atom. The summed E-state index contributed by atoms with van der Waals surface area (Å²) < 4.78 is 4.79. The minimum absolute atomic E-state index is 0.00386. The van der Waals surface area contributed by atoms with Crippen LogP contribution in [0.3, 0.4) is 0 Å². The molecule has 0 saturated carbocycles. The van der Waals surface area contributed by atoms with Crippen LogP contribution in [0.4, 0.5) is 4.79 Å². The summed E-state index contributed by atoms with van der Waals surface area (Å²) in [6, 6.07) is 0. The molecule has 2 N–H and O–H groups in total. The van der Waals surface area contributed by atoms with Crippen molar-refractivity contribution < 1.29 is 29.0 Å². The van der Waals surface area contributed by atoms with E-state index in [9.17, 15) is 19.2 Å². The molecular formula is C13H16N2O6. The number of carboxylic acids is 1. The quantitative estimate of drug-likeness (QED) is 0.390. The summed E-state index contributed by atoms with van der Waals surface area (Å²) in [5.41, 5.74) is 0.198. The number of hydrogen-bond acceptors (Lipinski definition) is 5. The molecule has 0 unspecified atom stereocenters. The number of nitrogens with one attached hydrogen (secondary N) is 1. The van der Waals surface area contributed by atoms with Crippen molar-refractivity contribution in [1.82, 2.24) is 10.2 Å². The topological polar surface area (TPSA) is 113 Å². The zero-order chi connectivity index (χ0) is 15.8. The second-order valence-electron chi connectivity index (χ2n) is 4.21. The molecule has 1 aliphatic heterocycles. The summed E-state index contributed by atoms with van der Waals surface area (Å²) in [7, 11) is 0. The lowest BCUT2D eigenvalue weighted by Gasteiger charge is -2.13. The van der Waals surface area contributed by atoms with Crippen LogP contribution in [-0.2, 0) is 19.1 Å². The first kappa shape index (κ1) is 16.4. The van der Waals surface area contributed by atoms with Crippen molar-refractivity contribution in [2.24, 2.45) is 0 Å². The number of carbonyl (C=O) groups excluding carboxylic acids is 3. The molecule has 0 aromatic carbocycles. The minimum Gasteiger partial charge on any atom is -0.478 e. The predicted molar refractivity (Wildman–Crippen MR) is 71.2 cm³/mol. The fourth-order valence-corrected chi connectivity index (χ4v) is 1.48. The van der Waals surface area contributed by atoms with E-state index in [4.69, 9.17) is 9.84 Å². The number of carboxylic acid groups (broad SMARTS) is 1. The van der Waals surface area contributed by atoms with Crippen LogP contribution in [0, 0.1) is 0 Å². The smallest absolute Gasteiger partial charge is 0.407 e. The van der Waals surface area contributed by atoms with Crippen molar-refractivity contribution in [3.05, 3.63) is 23.8 Å². The lowest BCUT2D eigenvalue weighted by molar-refractivity contribution is -0.137. The summed E-state index contributed by atoms with van der Waals surface area (Å²) in [6.45, 7) is 1.58. The van der Waals surface area contributed by atoms with Crippen LogP contribution in [0.5, 0.6) is 0 Å². The number of amides is 3. The molecule has 114 valence electrons. The monoisotopic (exact) mass is 296 g/mol. The van der Waals surface area contributed by atoms with Crippen molar-refractivity contribution in [3.8, 4) is 0 Å². The second kappa shape index (κ2) is 7.83. The van der Waals surface area contributed by atoms with Crippen LogP contribution in [0.1, 0.15) is 13.3 Å². The fourth-order valence-electron chi connectivity index (χ4n) is 1.48. The van der Waals surface area contributed by atoms with Crippen LogP contribution in [0.2, 0.25) is 0 Å². The Kier molecular flexibility index (Phi) is 6.12. The summed E-state index contributed by atoms with van der Waals surface area (Å²) in [4.78, 5) is 45.1. The van der Waals surface area contributed by atoms with E-state index in [-0.39, 0.29) is 25.3 Å². The lowest BCUT2D eigenvalue weighted by Crippen LogP contribution is -2.35. The standard InChI is InChI=1S/C13H16N2O6/c1-9(12(18)19)3-2-6-14-13(20)21-8-7-15-10(16)4-5-11(15)17/h3-5H,2,6-8H2,1H3,(H,14,20)(H,18,19). The highest BCUT2D eigenvalue weighted by atomic mass is 16.5. The molecule has 0 radical (unpaired) electrons. The van der Waals surface area contributed by atoms with E-state index in [1.165, 1.54) is 13.0 Å². The molecule has 0 bridgehead atoms. The molecular weight excluding hydrogens is 280 g/mol. The molecule has 8 heteroatoms. The van der Waals surface area contributed by atoms with Gasteiger partial charge >= 0.3 is 12.1 Å². The average molecular weight is 296 g/mol. The molecule has 1 aliphatic rings. The van der Waals surface area contributed by atoms with Gasteiger partial charge in [0.25, 0.3) is 11.8 Å². The molecule has 0 aromatic rings. The highest BCUT2D eigenvalue weighted by Gasteiger charge is 2.22. The molecule has 3 amide bonds. The first-order valence-corrected chi connectivity index (χ1v) is 6.26. The highest BCUT2D eigenvalue weighted by molar-refractivity contribution is 6.12. The van der Waals surface area contributed by atoms with E-state index >= 15 is 0 Å². The van der Waals surface area contributed by atoms with Crippen molar-refractivity contribution in [2.45, 2.75) is 13.3 Å².